The summed E-state index contributed by atoms with van der Waals surface area (Å²) in [6.07, 6.45) is 0. The summed E-state index contributed by atoms with van der Waals surface area (Å²) in [6.45, 7) is 7.59. The number of nitrogens with one attached hydrogen (secondary N) is 1. The number of nitrogens with zero attached hydrogens (tertiary/aromatic N) is 5. The molecule has 29 heavy (non-hydrogen) atoms. The Morgan fingerprint density at radius 3 is 2.28 bits per heavy atom. The highest BCUT2D eigenvalue weighted by molar-refractivity contribution is 5.49. The van der Waals surface area contributed by atoms with Gasteiger partial charge in [0.15, 0.2) is 6.04 Å². The van der Waals surface area contributed by atoms with Gasteiger partial charge in [-0.25, -0.2) is 0 Å². The second kappa shape index (κ2) is 8.31. The third-order valence-corrected chi connectivity index (χ3v) is 5.69. The van der Waals surface area contributed by atoms with Gasteiger partial charge in [0, 0.05) is 25.3 Å². The monoisotopic (exact) mass is 393 g/mol. The van der Waals surface area contributed by atoms with E-state index in [4.69, 9.17) is 4.74 Å². The number of aryl methyl sites for hydroxylation is 2. The van der Waals surface area contributed by atoms with Crippen molar-refractivity contribution in [2.45, 2.75) is 19.9 Å². The normalized spacial score (nSPS) is 16.0. The van der Waals surface area contributed by atoms with Gasteiger partial charge in [-0.1, -0.05) is 30.3 Å². The van der Waals surface area contributed by atoms with Gasteiger partial charge in [0.25, 0.3) is 0 Å². The third-order valence-electron chi connectivity index (χ3n) is 5.69. The van der Waals surface area contributed by atoms with Gasteiger partial charge >= 0.3 is 0 Å². The van der Waals surface area contributed by atoms with Gasteiger partial charge < -0.3 is 14.5 Å². The topological polar surface area (TPSA) is 60.5 Å². The minimum atomic E-state index is 0.0455. The Morgan fingerprint density at radius 1 is 1.00 bits per heavy atom. The first-order valence-electron chi connectivity index (χ1n) is 10.1. The van der Waals surface area contributed by atoms with Crippen molar-refractivity contribution in [3.8, 4) is 5.69 Å². The predicted octanol–water partition coefficient (Wildman–Crippen LogP) is 1.35. The van der Waals surface area contributed by atoms with Crippen LogP contribution in [-0.4, -0.2) is 60.6 Å². The molecule has 0 saturated carbocycles. The maximum Gasteiger partial charge on any atom is 0.219 e. The highest BCUT2D eigenvalue weighted by Crippen LogP contribution is 2.25. The van der Waals surface area contributed by atoms with Crippen LogP contribution in [0.25, 0.3) is 5.69 Å². The van der Waals surface area contributed by atoms with Gasteiger partial charge in [0.1, 0.15) is 13.1 Å². The maximum atomic E-state index is 5.62. The summed E-state index contributed by atoms with van der Waals surface area (Å²) in [6, 6.07) is 15.1. The van der Waals surface area contributed by atoms with Crippen molar-refractivity contribution in [2.75, 3.05) is 45.3 Å². The van der Waals surface area contributed by atoms with E-state index in [1.54, 1.807) is 0 Å². The van der Waals surface area contributed by atoms with Gasteiger partial charge in [-0.15, -0.1) is 5.10 Å². The molecule has 2 aromatic carbocycles. The number of benzene rings is 2. The molecule has 4 rings (SSSR count). The molecule has 0 bridgehead atoms. The SMILES string of the molecule is Cc1cccc(C)c1-n1nnnc1[C@H](c1ccc(N(C)C)cc1)[NH+]1CCOCC1. The Morgan fingerprint density at radius 2 is 1.66 bits per heavy atom. The minimum Gasteiger partial charge on any atom is -0.378 e. The Balaban J connectivity index is 1.82. The van der Waals surface area contributed by atoms with Crippen molar-refractivity contribution in [3.05, 3.63) is 65.0 Å². The number of hydrogen-bond donors (Lipinski definition) is 1. The molecule has 7 nitrogen and oxygen atoms in total. The summed E-state index contributed by atoms with van der Waals surface area (Å²) in [5.41, 5.74) is 5.79. The van der Waals surface area contributed by atoms with E-state index >= 15 is 0 Å². The molecule has 1 saturated heterocycles. The zero-order valence-corrected chi connectivity index (χ0v) is 17.6. The molecule has 1 N–H and O–H groups in total. The molecule has 152 valence electrons. The van der Waals surface area contributed by atoms with Crippen LogP contribution in [0.5, 0.6) is 0 Å². The summed E-state index contributed by atoms with van der Waals surface area (Å²) in [5.74, 6) is 0.872. The van der Waals surface area contributed by atoms with Gasteiger partial charge in [0.2, 0.25) is 5.82 Å². The molecule has 3 aromatic rings. The lowest BCUT2D eigenvalue weighted by molar-refractivity contribution is -0.933. The van der Waals surface area contributed by atoms with Gasteiger partial charge in [0.05, 0.1) is 18.9 Å². The number of morpholine rings is 1. The van der Waals surface area contributed by atoms with E-state index in [1.807, 2.05) is 4.68 Å². The van der Waals surface area contributed by atoms with Crippen LogP contribution < -0.4 is 9.80 Å². The molecule has 0 aliphatic carbocycles. The van der Waals surface area contributed by atoms with Crippen LogP contribution in [-0.2, 0) is 4.74 Å². The second-order valence-electron chi connectivity index (χ2n) is 7.88. The fourth-order valence-electron chi connectivity index (χ4n) is 4.13. The van der Waals surface area contributed by atoms with E-state index in [1.165, 1.54) is 16.2 Å². The predicted molar refractivity (Wildman–Crippen MR) is 113 cm³/mol. The number of quaternary nitrogens is 1. The van der Waals surface area contributed by atoms with Crippen molar-refractivity contribution >= 4 is 5.69 Å². The number of anilines is 1. The first kappa shape index (κ1) is 19.5. The van der Waals surface area contributed by atoms with Crippen molar-refractivity contribution in [1.29, 1.82) is 0 Å². The lowest BCUT2D eigenvalue weighted by Crippen LogP contribution is -3.14. The van der Waals surface area contributed by atoms with Crippen LogP contribution in [0.4, 0.5) is 5.69 Å². The first-order chi connectivity index (χ1) is 14.1. The molecule has 1 atom stereocenters. The Bertz CT molecular complexity index is 939. The number of tetrazole rings is 1. The number of ether oxygens (including phenoxy) is 1. The third kappa shape index (κ3) is 3.88. The highest BCUT2D eigenvalue weighted by Gasteiger charge is 2.33. The molecule has 0 spiro atoms. The van der Waals surface area contributed by atoms with Gasteiger partial charge in [-0.3, -0.25) is 0 Å². The first-order valence-corrected chi connectivity index (χ1v) is 10.1. The molecule has 1 fully saturated rings. The largest absolute Gasteiger partial charge is 0.378 e. The maximum absolute atomic E-state index is 5.62. The van der Waals surface area contributed by atoms with Crippen LogP contribution in [0, 0.1) is 13.8 Å². The lowest BCUT2D eigenvalue weighted by Gasteiger charge is -2.31. The van der Waals surface area contributed by atoms with Crippen molar-refractivity contribution in [3.63, 3.8) is 0 Å². The minimum absolute atomic E-state index is 0.0455. The van der Waals surface area contributed by atoms with Crippen LogP contribution in [0.15, 0.2) is 42.5 Å². The molecule has 0 radical (unpaired) electrons. The standard InChI is InChI=1S/C22H28N6O/c1-16-6-5-7-17(2)20(16)28-22(23-24-25-28)21(27-12-14-29-15-13-27)18-8-10-19(11-9-18)26(3)4/h5-11,21H,12-15H2,1-4H3/p+1/t21-/m0/s1. The summed E-state index contributed by atoms with van der Waals surface area (Å²) in [7, 11) is 4.11. The molecule has 1 aliphatic rings. The average molecular weight is 394 g/mol. The summed E-state index contributed by atoms with van der Waals surface area (Å²) < 4.78 is 7.55. The molecular weight excluding hydrogens is 364 g/mol. The molecule has 7 heteroatoms. The molecular formula is C22H29N6O+. The Hall–Kier alpha value is -2.77. The highest BCUT2D eigenvalue weighted by atomic mass is 16.5. The van der Waals surface area contributed by atoms with E-state index in [0.717, 1.165) is 48.9 Å². The van der Waals surface area contributed by atoms with Crippen molar-refractivity contribution in [2.24, 2.45) is 0 Å². The zero-order valence-electron chi connectivity index (χ0n) is 17.6. The molecule has 2 heterocycles. The quantitative estimate of drug-likeness (QED) is 0.709. The van der Waals surface area contributed by atoms with Gasteiger partial charge in [-0.05, 0) is 47.5 Å². The number of aromatic nitrogens is 4. The summed E-state index contributed by atoms with van der Waals surface area (Å²) in [5, 5.41) is 13.0. The smallest absolute Gasteiger partial charge is 0.219 e. The van der Waals surface area contributed by atoms with E-state index in [9.17, 15) is 0 Å². The summed E-state index contributed by atoms with van der Waals surface area (Å²) >= 11 is 0. The van der Waals surface area contributed by atoms with E-state index in [0.29, 0.717) is 0 Å². The number of para-hydroxylation sites is 1. The van der Waals surface area contributed by atoms with E-state index in [-0.39, 0.29) is 6.04 Å². The van der Waals surface area contributed by atoms with E-state index < -0.39 is 0 Å². The summed E-state index contributed by atoms with van der Waals surface area (Å²) in [4.78, 5) is 3.54. The van der Waals surface area contributed by atoms with E-state index in [2.05, 4.69) is 90.8 Å². The van der Waals surface area contributed by atoms with Gasteiger partial charge in [-0.2, -0.15) is 4.68 Å². The van der Waals surface area contributed by atoms with Crippen molar-refractivity contribution in [1.82, 2.24) is 20.2 Å². The Labute approximate surface area is 171 Å². The second-order valence-corrected chi connectivity index (χ2v) is 7.88. The number of rotatable bonds is 5. The average Bonchev–Trinajstić information content (AvgIpc) is 3.18. The molecule has 1 aliphatic heterocycles. The number of hydrogen-bond acceptors (Lipinski definition) is 5. The Kier molecular flexibility index (Phi) is 5.60. The van der Waals surface area contributed by atoms with Crippen LogP contribution in [0.2, 0.25) is 0 Å². The fourth-order valence-corrected chi connectivity index (χ4v) is 4.13. The van der Waals surface area contributed by atoms with Crippen LogP contribution in [0.3, 0.4) is 0 Å². The molecule has 0 unspecified atom stereocenters. The zero-order chi connectivity index (χ0) is 20.4. The molecule has 0 amide bonds. The van der Waals surface area contributed by atoms with Crippen LogP contribution in [0.1, 0.15) is 28.6 Å². The molecule has 1 aromatic heterocycles. The lowest BCUT2D eigenvalue weighted by atomic mass is 10.0. The van der Waals surface area contributed by atoms with Crippen LogP contribution >= 0.6 is 0 Å². The fraction of sp³-hybridized carbons (Fsp3) is 0.409. The van der Waals surface area contributed by atoms with Crippen molar-refractivity contribution < 1.29 is 9.64 Å².